The maximum absolute atomic E-state index is 13.6. The number of carbonyl (C=O) groups excluding carboxylic acids is 3. The molecule has 3 amide bonds. The molecule has 3 aromatic carbocycles. The number of benzene rings is 3. The summed E-state index contributed by atoms with van der Waals surface area (Å²) in [6.45, 7) is 9.16. The molecule has 105 heavy (non-hydrogen) atoms. The highest BCUT2D eigenvalue weighted by Gasteiger charge is 2.34. The third kappa shape index (κ3) is 19.3. The highest BCUT2D eigenvalue weighted by atomic mass is 35.5. The Kier molecular flexibility index (Phi) is 23.8. The molecule has 0 aliphatic rings. The number of nitrogens with two attached hydrogens (primary N) is 3. The molecular weight excluding hydrogens is 1350 g/mol. The molecule has 0 saturated carbocycles. The third-order valence-electron chi connectivity index (χ3n) is 16.1. The van der Waals surface area contributed by atoms with Crippen molar-refractivity contribution >= 4 is 96.5 Å². The lowest BCUT2D eigenvalue weighted by atomic mass is 10.0. The van der Waals surface area contributed by atoms with E-state index in [-0.39, 0.29) is 35.2 Å². The number of anilines is 6. The van der Waals surface area contributed by atoms with E-state index in [1.54, 1.807) is 99.6 Å². The lowest BCUT2D eigenvalue weighted by Gasteiger charge is -2.17. The minimum Gasteiger partial charge on any atom is -0.382 e. The predicted octanol–water partition coefficient (Wildman–Crippen LogP) is 12.9. The van der Waals surface area contributed by atoms with Crippen LogP contribution in [0.4, 0.5) is 47.7 Å². The molecule has 9 N–H and O–H groups in total. The van der Waals surface area contributed by atoms with Crippen LogP contribution in [0.1, 0.15) is 109 Å². The van der Waals surface area contributed by atoms with E-state index in [0.717, 1.165) is 51.3 Å². The summed E-state index contributed by atoms with van der Waals surface area (Å²) < 4.78 is 40.8. The van der Waals surface area contributed by atoms with Crippen LogP contribution in [0.3, 0.4) is 0 Å². The summed E-state index contributed by atoms with van der Waals surface area (Å²) in [5, 5.41) is 11.3. The van der Waals surface area contributed by atoms with Crippen LogP contribution < -0.4 is 33.2 Å². The molecule has 12 rings (SSSR count). The molecule has 25 heteroatoms. The number of fused-ring (bicyclic) bond motifs is 3. The van der Waals surface area contributed by atoms with Gasteiger partial charge >= 0.3 is 6.18 Å². The number of pyridine rings is 9. The number of hydrogen-bond donors (Lipinski definition) is 6. The van der Waals surface area contributed by atoms with Crippen molar-refractivity contribution in [3.8, 4) is 35.5 Å². The Labute approximate surface area is 610 Å². The number of amides is 3. The van der Waals surface area contributed by atoms with Crippen LogP contribution in [0.5, 0.6) is 0 Å². The van der Waals surface area contributed by atoms with Crippen LogP contribution in [0.15, 0.2) is 165 Å². The molecule has 0 atom stereocenters. The largest absolute Gasteiger partial charge is 0.416 e. The second-order valence-corrected chi connectivity index (χ2v) is 25.5. The molecule has 0 aliphatic carbocycles. The Morgan fingerprint density at radius 2 is 0.733 bits per heavy atom. The fraction of sp³-hybridized carbons (Fsp3) is 0.175. The summed E-state index contributed by atoms with van der Waals surface area (Å²) in [4.78, 5) is 82.7. The first kappa shape index (κ1) is 74.9. The molecule has 9 heterocycles. The maximum atomic E-state index is 13.6. The molecule has 0 aliphatic heterocycles. The second-order valence-electron chi connectivity index (χ2n) is 25.1. The molecule has 528 valence electrons. The molecule has 0 radical (unpaired) electrons. The quantitative estimate of drug-likeness (QED) is 0.0620. The number of halogens is 4. The van der Waals surface area contributed by atoms with Crippen molar-refractivity contribution in [1.82, 2.24) is 59.6 Å². The van der Waals surface area contributed by atoms with Gasteiger partial charge in [-0.05, 0) is 183 Å². The number of nitrogen functional groups attached to an aromatic ring is 3. The van der Waals surface area contributed by atoms with E-state index in [2.05, 4.69) is 101 Å². The average molecular weight is 1430 g/mol. The summed E-state index contributed by atoms with van der Waals surface area (Å²) in [5.74, 6) is 18.4. The Bertz CT molecular complexity index is 5320. The smallest absolute Gasteiger partial charge is 0.382 e. The maximum Gasteiger partial charge on any atom is 0.416 e. The topological polar surface area (TPSA) is 291 Å². The normalized spacial score (nSPS) is 10.9. The Morgan fingerprint density at radius 3 is 1.09 bits per heavy atom. The number of aryl methyl sites for hydroxylation is 4. The van der Waals surface area contributed by atoms with E-state index in [0.29, 0.717) is 107 Å². The summed E-state index contributed by atoms with van der Waals surface area (Å²) in [5.41, 5.74) is 30.3. The molecule has 0 unspecified atom stereocenters. The van der Waals surface area contributed by atoms with Gasteiger partial charge < -0.3 is 47.9 Å². The van der Waals surface area contributed by atoms with E-state index < -0.39 is 17.6 Å². The van der Waals surface area contributed by atoms with Crippen LogP contribution in [0, 0.1) is 63.2 Å². The summed E-state index contributed by atoms with van der Waals surface area (Å²) in [6, 6.07) is 31.2. The number of hydrogen-bond acceptors (Lipinski definition) is 18. The Balaban J connectivity index is 0.000000169. The number of alkyl halides is 3. The second kappa shape index (κ2) is 33.4. The van der Waals surface area contributed by atoms with Gasteiger partial charge in [0, 0.05) is 130 Å². The molecule has 9 aromatic heterocycles. The molecule has 0 spiro atoms. The molecule has 0 saturated heterocycles. The monoisotopic (exact) mass is 1420 g/mol. The molecule has 0 fully saturated rings. The van der Waals surface area contributed by atoms with E-state index in [9.17, 15) is 27.6 Å². The van der Waals surface area contributed by atoms with Gasteiger partial charge in [0.2, 0.25) is 0 Å². The molecule has 0 bridgehead atoms. The lowest BCUT2D eigenvalue weighted by molar-refractivity contribution is -0.138. The van der Waals surface area contributed by atoms with Gasteiger partial charge in [-0.2, -0.15) is 13.2 Å². The van der Waals surface area contributed by atoms with Gasteiger partial charge in [0.1, 0.15) is 34.0 Å². The average Bonchev–Trinajstić information content (AvgIpc) is 0.821. The zero-order valence-electron chi connectivity index (χ0n) is 59.0. The van der Waals surface area contributed by atoms with Crippen molar-refractivity contribution in [2.75, 3.05) is 75.4 Å². The van der Waals surface area contributed by atoms with Gasteiger partial charge in [-0.25, -0.2) is 15.0 Å². The molecule has 12 aromatic rings. The number of aromatic nitrogens is 9. The number of carbonyl (C=O) groups is 3. The van der Waals surface area contributed by atoms with Crippen LogP contribution in [-0.4, -0.2) is 120 Å². The first-order valence-corrected chi connectivity index (χ1v) is 32.9. The highest BCUT2D eigenvalue weighted by molar-refractivity contribution is 6.31. The van der Waals surface area contributed by atoms with Crippen LogP contribution in [-0.2, 0) is 25.8 Å². The summed E-state index contributed by atoms with van der Waals surface area (Å²) in [6.07, 6.45) is 9.63. The van der Waals surface area contributed by atoms with Gasteiger partial charge in [0.05, 0.1) is 56.0 Å². The number of nitrogens with zero attached hydrogens (tertiary/aromatic N) is 12. The minimum atomic E-state index is -4.56. The zero-order valence-corrected chi connectivity index (χ0v) is 59.8. The van der Waals surface area contributed by atoms with Crippen molar-refractivity contribution in [1.29, 1.82) is 0 Å². The van der Waals surface area contributed by atoms with E-state index >= 15 is 0 Å². The van der Waals surface area contributed by atoms with Gasteiger partial charge in [0.25, 0.3) is 17.7 Å². The standard InChI is InChI=1S/C27H23F3N6O.C27H26N6O.C26H23ClN6O/c1-16-17(6-7-18-13-34-25(31)24-22(18)5-4-10-32-24)11-20(14-33-16)26(37)35-21-9-8-19(15-36(2)3)23(12-21)27(28,29)30;1-17-12-23(10-9-21(17)16-33(3)4)32-27(34)22-13-19(18(2)30-15-22)7-8-20-14-31-26(28)25-24(20)6-5-11-29-25;1-16-17(6-7-18-13-31-25(28)24-22(18)5-4-10-29-24)11-20(14-30-16)26(34)32-21-9-8-19(15-33(2)3)23(27)12-21/h4-5,8-14H,15H2,1-3H3,(H2,31,34)(H,35,37);5-6,9-15H,16H2,1-4H3,(H2,28,31)(H,32,34);4-5,8-14H,15H2,1-3H3,(H2,28,31)(H,32,34). The molecular formula is C80H72ClF3N18O3. The van der Waals surface area contributed by atoms with Crippen LogP contribution >= 0.6 is 11.6 Å². The zero-order chi connectivity index (χ0) is 75.2. The first-order valence-electron chi connectivity index (χ1n) is 32.6. The van der Waals surface area contributed by atoms with Crippen molar-refractivity contribution in [3.63, 3.8) is 0 Å². The lowest BCUT2D eigenvalue weighted by Crippen LogP contribution is -2.18. The minimum absolute atomic E-state index is 0.0277. The summed E-state index contributed by atoms with van der Waals surface area (Å²) >= 11 is 6.37. The first-order chi connectivity index (χ1) is 50.1. The van der Waals surface area contributed by atoms with Crippen LogP contribution in [0.25, 0.3) is 32.7 Å². The van der Waals surface area contributed by atoms with Gasteiger partial charge in [-0.3, -0.25) is 44.3 Å². The SMILES string of the molecule is Cc1cc(NC(=O)c2cnc(C)c(C#Cc3cnc(N)c4ncccc34)c2)ccc1CN(C)C.Cc1ncc(C(=O)Nc2ccc(CN(C)C)c(C(F)(F)F)c2)cc1C#Cc1cnc(N)c2ncccc12.Cc1ncc(C(=O)Nc2ccc(CN(C)C)c(Cl)c2)cc1C#Cc1cnc(N)c2ncccc12. The van der Waals surface area contributed by atoms with E-state index in [1.165, 1.54) is 30.1 Å². The van der Waals surface area contributed by atoms with E-state index in [1.807, 2.05) is 115 Å². The number of nitrogens with one attached hydrogen (secondary N) is 3. The fourth-order valence-electron chi connectivity index (χ4n) is 10.7. The fourth-order valence-corrected chi connectivity index (χ4v) is 11.0. The summed E-state index contributed by atoms with van der Waals surface area (Å²) in [7, 11) is 11.4. The third-order valence-corrected chi connectivity index (χ3v) is 16.5. The van der Waals surface area contributed by atoms with E-state index in [4.69, 9.17) is 28.8 Å². The van der Waals surface area contributed by atoms with Gasteiger partial charge in [0.15, 0.2) is 0 Å². The van der Waals surface area contributed by atoms with Crippen molar-refractivity contribution in [3.05, 3.63) is 265 Å². The van der Waals surface area contributed by atoms with Gasteiger partial charge in [-0.1, -0.05) is 65.3 Å². The predicted molar refractivity (Wildman–Crippen MR) is 407 cm³/mol. The number of rotatable bonds is 12. The van der Waals surface area contributed by atoms with Crippen molar-refractivity contribution in [2.24, 2.45) is 0 Å². The van der Waals surface area contributed by atoms with Crippen LogP contribution in [0.2, 0.25) is 5.02 Å². The highest BCUT2D eigenvalue weighted by Crippen LogP contribution is 2.35. The van der Waals surface area contributed by atoms with Gasteiger partial charge in [-0.15, -0.1) is 0 Å². The van der Waals surface area contributed by atoms with Crippen molar-refractivity contribution < 1.29 is 27.6 Å². The Morgan fingerprint density at radius 1 is 0.410 bits per heavy atom. The molecule has 21 nitrogen and oxygen atoms in total. The Hall–Kier alpha value is -12.8. The van der Waals surface area contributed by atoms with Crippen molar-refractivity contribution in [2.45, 2.75) is 53.5 Å².